The molecule has 0 aliphatic rings. The number of ether oxygens (including phenoxy) is 1. The lowest BCUT2D eigenvalue weighted by atomic mass is 9.99. The molecule has 0 saturated carbocycles. The van der Waals surface area contributed by atoms with Gasteiger partial charge in [-0.15, -0.1) is 0 Å². The number of methoxy groups -OCH3 is 1. The number of carbonyl (C=O) groups excluding carboxylic acids is 1. The largest absolute Gasteiger partial charge is 0.497 e. The fraction of sp³-hybridized carbons (Fsp3) is 0.263. The van der Waals surface area contributed by atoms with Gasteiger partial charge in [0.15, 0.2) is 0 Å². The fourth-order valence-electron chi connectivity index (χ4n) is 2.29. The van der Waals surface area contributed by atoms with Crippen LogP contribution < -0.4 is 10.1 Å². The van der Waals surface area contributed by atoms with E-state index in [0.29, 0.717) is 12.1 Å². The molecule has 0 unspecified atom stereocenters. The van der Waals surface area contributed by atoms with Crippen molar-refractivity contribution in [3.8, 4) is 11.8 Å². The van der Waals surface area contributed by atoms with Crippen molar-refractivity contribution >= 4 is 11.6 Å². The van der Waals surface area contributed by atoms with E-state index >= 15 is 0 Å². The summed E-state index contributed by atoms with van der Waals surface area (Å²) >= 11 is 0. The molecule has 0 aliphatic heterocycles. The summed E-state index contributed by atoms with van der Waals surface area (Å²) in [5.41, 5.74) is 2.81. The van der Waals surface area contributed by atoms with Crippen LogP contribution in [-0.4, -0.2) is 13.0 Å². The SMILES string of the molecule is CCc1ccc(NC(=O)[C@@H](C#N)Cc2cccc(OC)c2)cc1. The van der Waals surface area contributed by atoms with E-state index in [1.807, 2.05) is 48.5 Å². The first-order valence-electron chi connectivity index (χ1n) is 7.58. The number of nitriles is 1. The van der Waals surface area contributed by atoms with Crippen LogP contribution in [0.5, 0.6) is 5.75 Å². The smallest absolute Gasteiger partial charge is 0.242 e. The summed E-state index contributed by atoms with van der Waals surface area (Å²) in [7, 11) is 1.59. The van der Waals surface area contributed by atoms with Crippen molar-refractivity contribution in [3.05, 3.63) is 59.7 Å². The lowest BCUT2D eigenvalue weighted by molar-refractivity contribution is -0.118. The highest BCUT2D eigenvalue weighted by Crippen LogP contribution is 2.17. The van der Waals surface area contributed by atoms with Crippen molar-refractivity contribution in [2.45, 2.75) is 19.8 Å². The minimum absolute atomic E-state index is 0.292. The first-order chi connectivity index (χ1) is 11.2. The van der Waals surface area contributed by atoms with Crippen molar-refractivity contribution in [2.75, 3.05) is 12.4 Å². The van der Waals surface area contributed by atoms with Crippen LogP contribution in [0.2, 0.25) is 0 Å². The molecule has 0 spiro atoms. The number of nitrogens with zero attached hydrogens (tertiary/aromatic N) is 1. The molecule has 1 N–H and O–H groups in total. The Balaban J connectivity index is 2.04. The Labute approximate surface area is 136 Å². The van der Waals surface area contributed by atoms with Gasteiger partial charge in [-0.1, -0.05) is 31.2 Å². The van der Waals surface area contributed by atoms with Crippen LogP contribution >= 0.6 is 0 Å². The molecule has 0 aromatic heterocycles. The topological polar surface area (TPSA) is 62.1 Å². The number of amides is 1. The van der Waals surface area contributed by atoms with Gasteiger partial charge >= 0.3 is 0 Å². The Morgan fingerprint density at radius 3 is 2.57 bits per heavy atom. The number of hydrogen-bond acceptors (Lipinski definition) is 3. The monoisotopic (exact) mass is 308 g/mol. The van der Waals surface area contributed by atoms with Gasteiger partial charge in [0, 0.05) is 5.69 Å². The summed E-state index contributed by atoms with van der Waals surface area (Å²) in [6.07, 6.45) is 1.30. The number of hydrogen-bond donors (Lipinski definition) is 1. The second kappa shape index (κ2) is 8.00. The highest BCUT2D eigenvalue weighted by atomic mass is 16.5. The number of rotatable bonds is 6. The number of nitrogens with one attached hydrogen (secondary N) is 1. The number of aryl methyl sites for hydroxylation is 1. The molecule has 0 heterocycles. The lowest BCUT2D eigenvalue weighted by Crippen LogP contribution is -2.23. The molecule has 4 nitrogen and oxygen atoms in total. The minimum Gasteiger partial charge on any atom is -0.497 e. The van der Waals surface area contributed by atoms with E-state index in [1.165, 1.54) is 5.56 Å². The standard InChI is InChI=1S/C19H20N2O2/c1-3-14-7-9-17(10-8-14)21-19(22)16(13-20)11-15-5-4-6-18(12-15)23-2/h4-10,12,16H,3,11H2,1-2H3,(H,21,22)/t16-/m1/s1. The molecular weight excluding hydrogens is 288 g/mol. The number of anilines is 1. The second-order valence-corrected chi connectivity index (χ2v) is 5.28. The summed E-state index contributed by atoms with van der Waals surface area (Å²) < 4.78 is 5.16. The van der Waals surface area contributed by atoms with E-state index in [4.69, 9.17) is 4.74 Å². The van der Waals surface area contributed by atoms with Crippen LogP contribution in [0.1, 0.15) is 18.1 Å². The van der Waals surface area contributed by atoms with Gasteiger partial charge in [0.1, 0.15) is 11.7 Å². The maximum atomic E-state index is 12.3. The van der Waals surface area contributed by atoms with Gasteiger partial charge in [-0.05, 0) is 48.2 Å². The highest BCUT2D eigenvalue weighted by Gasteiger charge is 2.18. The highest BCUT2D eigenvalue weighted by molar-refractivity contribution is 5.94. The van der Waals surface area contributed by atoms with Crippen LogP contribution in [0.4, 0.5) is 5.69 Å². The van der Waals surface area contributed by atoms with Crippen LogP contribution in [0, 0.1) is 17.2 Å². The maximum Gasteiger partial charge on any atom is 0.242 e. The fourth-order valence-corrected chi connectivity index (χ4v) is 2.29. The van der Waals surface area contributed by atoms with Crippen LogP contribution in [-0.2, 0) is 17.6 Å². The number of benzene rings is 2. The first kappa shape index (κ1) is 16.6. The van der Waals surface area contributed by atoms with Gasteiger partial charge in [-0.25, -0.2) is 0 Å². The van der Waals surface area contributed by atoms with Crippen LogP contribution in [0.25, 0.3) is 0 Å². The summed E-state index contributed by atoms with van der Waals surface area (Å²) in [5, 5.41) is 12.1. The molecule has 1 atom stereocenters. The summed E-state index contributed by atoms with van der Waals surface area (Å²) in [5.74, 6) is -0.317. The molecule has 2 aromatic carbocycles. The third-order valence-corrected chi connectivity index (χ3v) is 3.68. The Hall–Kier alpha value is -2.80. The van der Waals surface area contributed by atoms with Crippen molar-refractivity contribution < 1.29 is 9.53 Å². The van der Waals surface area contributed by atoms with Crippen molar-refractivity contribution in [3.63, 3.8) is 0 Å². The molecule has 0 saturated heterocycles. The van der Waals surface area contributed by atoms with E-state index in [-0.39, 0.29) is 5.91 Å². The van der Waals surface area contributed by atoms with Gasteiger partial charge in [0.05, 0.1) is 13.2 Å². The maximum absolute atomic E-state index is 12.3. The van der Waals surface area contributed by atoms with Crippen molar-refractivity contribution in [2.24, 2.45) is 5.92 Å². The van der Waals surface area contributed by atoms with Crippen molar-refractivity contribution in [1.29, 1.82) is 5.26 Å². The predicted octanol–water partition coefficient (Wildman–Crippen LogP) is 3.58. The van der Waals surface area contributed by atoms with E-state index in [0.717, 1.165) is 17.7 Å². The van der Waals surface area contributed by atoms with Crippen LogP contribution in [0.3, 0.4) is 0 Å². The molecule has 0 fully saturated rings. The minimum atomic E-state index is -0.743. The molecule has 0 bridgehead atoms. The number of carbonyl (C=O) groups is 1. The van der Waals surface area contributed by atoms with Gasteiger partial charge in [0.2, 0.25) is 5.91 Å². The molecule has 1 amide bonds. The predicted molar refractivity (Wildman–Crippen MR) is 90.3 cm³/mol. The zero-order valence-corrected chi connectivity index (χ0v) is 13.4. The summed E-state index contributed by atoms with van der Waals surface area (Å²) in [6, 6.07) is 17.1. The van der Waals surface area contributed by atoms with E-state index in [1.54, 1.807) is 7.11 Å². The normalized spacial score (nSPS) is 11.3. The van der Waals surface area contributed by atoms with E-state index < -0.39 is 5.92 Å². The van der Waals surface area contributed by atoms with E-state index in [9.17, 15) is 10.1 Å². The molecule has 23 heavy (non-hydrogen) atoms. The summed E-state index contributed by atoms with van der Waals surface area (Å²) in [6.45, 7) is 2.08. The average Bonchev–Trinajstić information content (AvgIpc) is 2.60. The Bertz CT molecular complexity index is 702. The molecule has 2 rings (SSSR count). The zero-order valence-electron chi connectivity index (χ0n) is 13.4. The molecule has 0 aliphatic carbocycles. The zero-order chi connectivity index (χ0) is 16.7. The van der Waals surface area contributed by atoms with Gasteiger partial charge in [0.25, 0.3) is 0 Å². The molecule has 2 aromatic rings. The quantitative estimate of drug-likeness (QED) is 0.887. The van der Waals surface area contributed by atoms with Gasteiger partial charge < -0.3 is 10.1 Å². The third kappa shape index (κ3) is 4.58. The second-order valence-electron chi connectivity index (χ2n) is 5.28. The molecule has 0 radical (unpaired) electrons. The molecule has 118 valence electrons. The van der Waals surface area contributed by atoms with Crippen molar-refractivity contribution in [1.82, 2.24) is 0 Å². The Kier molecular flexibility index (Phi) is 5.76. The first-order valence-corrected chi connectivity index (χ1v) is 7.58. The van der Waals surface area contributed by atoms with E-state index in [2.05, 4.69) is 18.3 Å². The summed E-state index contributed by atoms with van der Waals surface area (Å²) in [4.78, 5) is 12.3. The average molecular weight is 308 g/mol. The molecule has 4 heteroatoms. The lowest BCUT2D eigenvalue weighted by Gasteiger charge is -2.11. The van der Waals surface area contributed by atoms with Gasteiger partial charge in [-0.2, -0.15) is 5.26 Å². The van der Waals surface area contributed by atoms with Gasteiger partial charge in [-0.3, -0.25) is 4.79 Å². The third-order valence-electron chi connectivity index (χ3n) is 3.68. The van der Waals surface area contributed by atoms with Crippen LogP contribution in [0.15, 0.2) is 48.5 Å². The molecular formula is C19H20N2O2. The Morgan fingerprint density at radius 2 is 1.96 bits per heavy atom. The Morgan fingerprint density at radius 1 is 1.22 bits per heavy atom.